The van der Waals surface area contributed by atoms with Crippen molar-refractivity contribution in [1.82, 2.24) is 0 Å². The third-order valence-corrected chi connectivity index (χ3v) is 3.78. The van der Waals surface area contributed by atoms with E-state index >= 15 is 0 Å². The number of carbonyl (C=O) groups is 1. The zero-order chi connectivity index (χ0) is 17.1. The summed E-state index contributed by atoms with van der Waals surface area (Å²) in [5, 5.41) is 9.45. The van der Waals surface area contributed by atoms with Crippen molar-refractivity contribution < 1.29 is 19.4 Å². The number of unbranched alkanes of at least 4 members (excludes halogenated alkanes) is 5. The molecule has 23 heavy (non-hydrogen) atoms. The molecule has 0 bridgehead atoms. The van der Waals surface area contributed by atoms with E-state index in [0.29, 0.717) is 23.7 Å². The van der Waals surface area contributed by atoms with Crippen LogP contribution in [-0.4, -0.2) is 24.8 Å². The van der Waals surface area contributed by atoms with E-state index in [0.717, 1.165) is 12.8 Å². The minimum absolute atomic E-state index is 0.144. The fraction of sp³-hybridized carbons (Fsp3) is 0.526. The summed E-state index contributed by atoms with van der Waals surface area (Å²) in [5.41, 5.74) is 0.705. The number of carboxylic acid groups (broad SMARTS) is 1. The number of ether oxygens (including phenoxy) is 2. The van der Waals surface area contributed by atoms with E-state index in [4.69, 9.17) is 9.47 Å². The second-order valence-corrected chi connectivity index (χ2v) is 5.55. The van der Waals surface area contributed by atoms with Gasteiger partial charge in [-0.2, -0.15) is 0 Å². The van der Waals surface area contributed by atoms with E-state index in [1.807, 2.05) is 6.07 Å². The van der Waals surface area contributed by atoms with Crippen LogP contribution in [0.5, 0.6) is 5.75 Å². The quantitative estimate of drug-likeness (QED) is 0.358. The van der Waals surface area contributed by atoms with Gasteiger partial charge in [-0.3, -0.25) is 0 Å². The van der Waals surface area contributed by atoms with Crippen molar-refractivity contribution in [2.24, 2.45) is 0 Å². The number of hydrogen-bond acceptors (Lipinski definition) is 3. The number of aliphatic carboxylic acids is 1. The Hall–Kier alpha value is -1.97. The Labute approximate surface area is 139 Å². The van der Waals surface area contributed by atoms with Crippen molar-refractivity contribution in [2.75, 3.05) is 13.7 Å². The van der Waals surface area contributed by atoms with E-state index < -0.39 is 5.97 Å². The van der Waals surface area contributed by atoms with Gasteiger partial charge >= 0.3 is 5.97 Å². The maximum atomic E-state index is 11.5. The summed E-state index contributed by atoms with van der Waals surface area (Å²) < 4.78 is 10.9. The standard InChI is InChI=1S/C19H28O4/c1-4-5-6-7-8-11-14-23-17-13-10-9-12-16(17)18(19(20)21)15(2)22-3/h9-10,12-13H,4-8,11,14H2,1-3H3,(H,20,21). The van der Waals surface area contributed by atoms with Gasteiger partial charge in [-0.25, -0.2) is 4.79 Å². The second-order valence-electron chi connectivity index (χ2n) is 5.55. The average Bonchev–Trinajstić information content (AvgIpc) is 2.55. The lowest BCUT2D eigenvalue weighted by Gasteiger charge is -2.13. The molecule has 0 aliphatic carbocycles. The number of allylic oxidation sites excluding steroid dienone is 1. The summed E-state index contributed by atoms with van der Waals surface area (Å²) in [4.78, 5) is 11.5. The number of carboxylic acids is 1. The largest absolute Gasteiger partial charge is 0.500 e. The van der Waals surface area contributed by atoms with E-state index in [-0.39, 0.29) is 5.57 Å². The van der Waals surface area contributed by atoms with Crippen LogP contribution in [0.1, 0.15) is 57.9 Å². The monoisotopic (exact) mass is 320 g/mol. The Morgan fingerprint density at radius 1 is 1.09 bits per heavy atom. The Balaban J connectivity index is 2.69. The second kappa shape index (κ2) is 10.7. The van der Waals surface area contributed by atoms with E-state index in [1.54, 1.807) is 25.1 Å². The zero-order valence-electron chi connectivity index (χ0n) is 14.4. The molecule has 1 aromatic rings. The molecular formula is C19H28O4. The van der Waals surface area contributed by atoms with Crippen LogP contribution in [0.3, 0.4) is 0 Å². The first-order valence-electron chi connectivity index (χ1n) is 8.32. The minimum Gasteiger partial charge on any atom is -0.500 e. The lowest BCUT2D eigenvalue weighted by Crippen LogP contribution is -2.07. The zero-order valence-corrected chi connectivity index (χ0v) is 14.4. The molecule has 1 aromatic carbocycles. The van der Waals surface area contributed by atoms with E-state index in [2.05, 4.69) is 6.92 Å². The Bertz CT molecular complexity index is 520. The summed E-state index contributed by atoms with van der Waals surface area (Å²) in [7, 11) is 1.47. The summed E-state index contributed by atoms with van der Waals surface area (Å²) in [6.07, 6.45) is 7.14. The molecule has 0 aliphatic rings. The van der Waals surface area contributed by atoms with Gasteiger partial charge in [-0.05, 0) is 19.4 Å². The Kier molecular flexibility index (Phi) is 8.88. The van der Waals surface area contributed by atoms with Crippen LogP contribution in [0.2, 0.25) is 0 Å². The topological polar surface area (TPSA) is 55.8 Å². The van der Waals surface area contributed by atoms with Crippen LogP contribution in [0.25, 0.3) is 5.57 Å². The van der Waals surface area contributed by atoms with Gasteiger partial charge in [0.25, 0.3) is 0 Å². The van der Waals surface area contributed by atoms with Crippen LogP contribution in [0.15, 0.2) is 30.0 Å². The highest BCUT2D eigenvalue weighted by Gasteiger charge is 2.19. The Morgan fingerprint density at radius 3 is 2.39 bits per heavy atom. The number of methoxy groups -OCH3 is 1. The summed E-state index contributed by atoms with van der Waals surface area (Å²) in [6, 6.07) is 7.21. The van der Waals surface area contributed by atoms with Gasteiger partial charge in [-0.15, -0.1) is 0 Å². The van der Waals surface area contributed by atoms with Gasteiger partial charge in [0, 0.05) is 5.56 Å². The molecule has 4 nitrogen and oxygen atoms in total. The molecule has 0 saturated carbocycles. The van der Waals surface area contributed by atoms with Crippen LogP contribution in [-0.2, 0) is 9.53 Å². The number of para-hydroxylation sites is 1. The van der Waals surface area contributed by atoms with Crippen LogP contribution in [0.4, 0.5) is 0 Å². The summed E-state index contributed by atoms with van der Waals surface area (Å²) in [5.74, 6) is -0.0528. The average molecular weight is 320 g/mol. The van der Waals surface area contributed by atoms with Crippen molar-refractivity contribution in [3.63, 3.8) is 0 Å². The van der Waals surface area contributed by atoms with Crippen molar-refractivity contribution in [1.29, 1.82) is 0 Å². The molecule has 1 N–H and O–H groups in total. The van der Waals surface area contributed by atoms with Gasteiger partial charge < -0.3 is 14.6 Å². The van der Waals surface area contributed by atoms with Gasteiger partial charge in [0.2, 0.25) is 0 Å². The molecule has 0 saturated heterocycles. The highest BCUT2D eigenvalue weighted by atomic mass is 16.5. The molecule has 0 aromatic heterocycles. The molecule has 128 valence electrons. The van der Waals surface area contributed by atoms with Crippen LogP contribution < -0.4 is 4.74 Å². The van der Waals surface area contributed by atoms with Crippen LogP contribution in [0, 0.1) is 0 Å². The number of rotatable bonds is 11. The van der Waals surface area contributed by atoms with Crippen molar-refractivity contribution in [3.05, 3.63) is 35.6 Å². The molecule has 0 heterocycles. The highest BCUT2D eigenvalue weighted by molar-refractivity contribution is 6.16. The SMILES string of the molecule is CCCCCCCCOc1ccccc1C(C(=O)O)=C(C)OC. The van der Waals surface area contributed by atoms with Gasteiger partial charge in [0.15, 0.2) is 0 Å². The normalized spacial score (nSPS) is 11.8. The fourth-order valence-corrected chi connectivity index (χ4v) is 2.42. The summed E-state index contributed by atoms with van der Waals surface area (Å²) >= 11 is 0. The first-order chi connectivity index (χ1) is 11.1. The molecule has 0 spiro atoms. The molecule has 0 aliphatic heterocycles. The third-order valence-electron chi connectivity index (χ3n) is 3.78. The first-order valence-corrected chi connectivity index (χ1v) is 8.32. The van der Waals surface area contributed by atoms with Gasteiger partial charge in [-0.1, -0.05) is 57.2 Å². The maximum absolute atomic E-state index is 11.5. The maximum Gasteiger partial charge on any atom is 0.339 e. The third kappa shape index (κ3) is 6.35. The lowest BCUT2D eigenvalue weighted by molar-refractivity contribution is -0.130. The predicted molar refractivity (Wildman–Crippen MR) is 92.6 cm³/mol. The van der Waals surface area contributed by atoms with Gasteiger partial charge in [0.05, 0.1) is 13.7 Å². The van der Waals surface area contributed by atoms with Crippen LogP contribution >= 0.6 is 0 Å². The van der Waals surface area contributed by atoms with Crippen molar-refractivity contribution >= 4 is 11.5 Å². The predicted octanol–water partition coefficient (Wildman–Crippen LogP) is 4.89. The number of hydrogen-bond donors (Lipinski definition) is 1. The molecular weight excluding hydrogens is 292 g/mol. The molecule has 4 heteroatoms. The van der Waals surface area contributed by atoms with Crippen molar-refractivity contribution in [2.45, 2.75) is 52.4 Å². The summed E-state index contributed by atoms with van der Waals surface area (Å²) in [6.45, 7) is 4.45. The molecule has 0 radical (unpaired) electrons. The van der Waals surface area contributed by atoms with Crippen molar-refractivity contribution in [3.8, 4) is 5.75 Å². The smallest absolute Gasteiger partial charge is 0.339 e. The molecule has 1 rings (SSSR count). The lowest BCUT2D eigenvalue weighted by atomic mass is 10.0. The highest BCUT2D eigenvalue weighted by Crippen LogP contribution is 2.29. The van der Waals surface area contributed by atoms with E-state index in [1.165, 1.54) is 32.8 Å². The first kappa shape index (κ1) is 19.1. The molecule has 0 unspecified atom stereocenters. The molecule has 0 fully saturated rings. The van der Waals surface area contributed by atoms with E-state index in [9.17, 15) is 9.90 Å². The molecule has 0 amide bonds. The minimum atomic E-state index is -1.01. The van der Waals surface area contributed by atoms with Gasteiger partial charge in [0.1, 0.15) is 17.1 Å². The number of benzene rings is 1. The molecule has 0 atom stereocenters. The Morgan fingerprint density at radius 2 is 1.74 bits per heavy atom. The fourth-order valence-electron chi connectivity index (χ4n) is 2.42.